The summed E-state index contributed by atoms with van der Waals surface area (Å²) in [5.74, 6) is -3.92. The molecule has 40 heavy (non-hydrogen) atoms. The van der Waals surface area contributed by atoms with Crippen LogP contribution in [-0.2, 0) is 9.59 Å². The van der Waals surface area contributed by atoms with Crippen molar-refractivity contribution >= 4 is 23.8 Å². The summed E-state index contributed by atoms with van der Waals surface area (Å²) >= 11 is 0. The largest absolute Gasteiger partial charge is 0.431 e. The van der Waals surface area contributed by atoms with Gasteiger partial charge in [0.05, 0.1) is 0 Å². The van der Waals surface area contributed by atoms with E-state index >= 15 is 0 Å². The third-order valence-electron chi connectivity index (χ3n) is 5.23. The number of halogens is 8. The Hall–Kier alpha value is -4.30. The average molecular weight is 581 g/mol. The van der Waals surface area contributed by atoms with Gasteiger partial charge in [-0.15, -0.1) is 0 Å². The standard InChI is InChI=1S/C25H19F8NO6/c1-12(35)34-10-15(6-13-2-4-17(37-22(26)27)19(8-13)39-24(30)31)21(36)16(11-34)7-14-3-5-18(38-23(28)29)20(9-14)40-25(32)33/h2-9,22-25H,10-11H2,1H3. The van der Waals surface area contributed by atoms with Crippen LogP contribution in [0.1, 0.15) is 18.1 Å². The highest BCUT2D eigenvalue weighted by molar-refractivity contribution is 6.15. The van der Waals surface area contributed by atoms with Crippen LogP contribution in [0.4, 0.5) is 35.1 Å². The van der Waals surface area contributed by atoms with E-state index in [2.05, 4.69) is 18.9 Å². The lowest BCUT2D eigenvalue weighted by atomic mass is 9.94. The monoisotopic (exact) mass is 581 g/mol. The maximum atomic E-state index is 13.2. The number of ketones is 1. The van der Waals surface area contributed by atoms with Crippen LogP contribution >= 0.6 is 0 Å². The van der Waals surface area contributed by atoms with E-state index in [1.54, 1.807) is 0 Å². The Kier molecular flexibility index (Phi) is 9.96. The maximum absolute atomic E-state index is 13.2. The Morgan fingerprint density at radius 2 is 1.02 bits per heavy atom. The number of likely N-dealkylation sites (tertiary alicyclic amines) is 1. The smallest absolute Gasteiger partial charge is 0.387 e. The predicted molar refractivity (Wildman–Crippen MR) is 123 cm³/mol. The zero-order chi connectivity index (χ0) is 29.6. The van der Waals surface area contributed by atoms with Crippen molar-refractivity contribution in [2.45, 2.75) is 33.4 Å². The van der Waals surface area contributed by atoms with Gasteiger partial charge in [-0.05, 0) is 47.5 Å². The molecule has 0 saturated carbocycles. The van der Waals surface area contributed by atoms with Gasteiger partial charge in [0.1, 0.15) is 0 Å². The fourth-order valence-corrected chi connectivity index (χ4v) is 3.66. The molecule has 0 aromatic heterocycles. The van der Waals surface area contributed by atoms with Gasteiger partial charge in [0, 0.05) is 31.2 Å². The molecule has 0 bridgehead atoms. The van der Waals surface area contributed by atoms with E-state index in [0.29, 0.717) is 0 Å². The number of rotatable bonds is 10. The lowest BCUT2D eigenvalue weighted by molar-refractivity contribution is -0.129. The highest BCUT2D eigenvalue weighted by Crippen LogP contribution is 2.34. The minimum atomic E-state index is -3.38. The van der Waals surface area contributed by atoms with Crippen molar-refractivity contribution in [1.82, 2.24) is 4.90 Å². The maximum Gasteiger partial charge on any atom is 0.387 e. The van der Waals surface area contributed by atoms with Gasteiger partial charge in [-0.2, -0.15) is 35.1 Å². The molecule has 7 nitrogen and oxygen atoms in total. The van der Waals surface area contributed by atoms with Crippen molar-refractivity contribution in [2.24, 2.45) is 0 Å². The zero-order valence-corrected chi connectivity index (χ0v) is 20.3. The van der Waals surface area contributed by atoms with Gasteiger partial charge in [0.15, 0.2) is 28.8 Å². The molecule has 1 amide bonds. The van der Waals surface area contributed by atoms with Crippen LogP contribution < -0.4 is 18.9 Å². The van der Waals surface area contributed by atoms with Crippen molar-refractivity contribution in [3.8, 4) is 23.0 Å². The number of amides is 1. The van der Waals surface area contributed by atoms with Gasteiger partial charge in [-0.25, -0.2) is 0 Å². The van der Waals surface area contributed by atoms with Crippen LogP contribution in [0, 0.1) is 0 Å². The fraction of sp³-hybridized carbons (Fsp3) is 0.280. The molecule has 1 aliphatic rings. The molecule has 15 heteroatoms. The van der Waals surface area contributed by atoms with Crippen LogP contribution in [-0.4, -0.2) is 56.1 Å². The number of ether oxygens (including phenoxy) is 4. The highest BCUT2D eigenvalue weighted by atomic mass is 19.3. The lowest BCUT2D eigenvalue weighted by Gasteiger charge is -2.29. The first kappa shape index (κ1) is 30.2. The molecule has 216 valence electrons. The Morgan fingerprint density at radius 1 is 0.675 bits per heavy atom. The topological polar surface area (TPSA) is 74.3 Å². The van der Waals surface area contributed by atoms with Gasteiger partial charge in [-0.1, -0.05) is 12.1 Å². The van der Waals surface area contributed by atoms with E-state index in [0.717, 1.165) is 24.3 Å². The summed E-state index contributed by atoms with van der Waals surface area (Å²) in [4.78, 5) is 26.6. The van der Waals surface area contributed by atoms with Gasteiger partial charge >= 0.3 is 26.4 Å². The van der Waals surface area contributed by atoms with Gasteiger partial charge < -0.3 is 23.8 Å². The van der Waals surface area contributed by atoms with E-state index in [-0.39, 0.29) is 35.4 Å². The first-order valence-corrected chi connectivity index (χ1v) is 11.1. The Labute approximate surface area is 221 Å². The van der Waals surface area contributed by atoms with E-state index in [4.69, 9.17) is 0 Å². The molecule has 1 aliphatic heterocycles. The number of Topliss-reactive ketones (excluding diaryl/α,β-unsaturated/α-hetero) is 1. The third-order valence-corrected chi connectivity index (χ3v) is 5.23. The number of carbonyl (C=O) groups excluding carboxylic acids is 2. The summed E-state index contributed by atoms with van der Waals surface area (Å²) in [6.45, 7) is -12.6. The van der Waals surface area contributed by atoms with Crippen LogP contribution in [0.2, 0.25) is 0 Å². The molecule has 0 N–H and O–H groups in total. The van der Waals surface area contributed by atoms with E-state index in [1.165, 1.54) is 36.1 Å². The van der Waals surface area contributed by atoms with Crippen LogP contribution in [0.3, 0.4) is 0 Å². The van der Waals surface area contributed by atoms with Gasteiger partial charge in [-0.3, -0.25) is 9.59 Å². The minimum absolute atomic E-state index is 0.0278. The second-order valence-corrected chi connectivity index (χ2v) is 7.97. The van der Waals surface area contributed by atoms with Crippen molar-refractivity contribution in [3.05, 3.63) is 58.7 Å². The van der Waals surface area contributed by atoms with Crippen molar-refractivity contribution in [2.75, 3.05) is 13.1 Å². The Morgan fingerprint density at radius 3 is 1.35 bits per heavy atom. The number of hydrogen-bond donors (Lipinski definition) is 0. The molecular formula is C25H19F8NO6. The fourth-order valence-electron chi connectivity index (χ4n) is 3.66. The second kappa shape index (κ2) is 13.2. The molecule has 0 aliphatic carbocycles. The molecule has 1 heterocycles. The summed E-state index contributed by atoms with van der Waals surface area (Å²) in [5, 5.41) is 0. The Bertz CT molecular complexity index is 1210. The van der Waals surface area contributed by atoms with Crippen LogP contribution in [0.5, 0.6) is 23.0 Å². The van der Waals surface area contributed by atoms with Gasteiger partial charge in [0.2, 0.25) is 5.91 Å². The number of carbonyl (C=O) groups is 2. The zero-order valence-electron chi connectivity index (χ0n) is 20.3. The molecule has 1 saturated heterocycles. The van der Waals surface area contributed by atoms with Crippen molar-refractivity contribution in [1.29, 1.82) is 0 Å². The number of piperidine rings is 1. The lowest BCUT2D eigenvalue weighted by Crippen LogP contribution is -2.40. The molecule has 0 spiro atoms. The summed E-state index contributed by atoms with van der Waals surface area (Å²) in [6.07, 6.45) is 2.42. The number of alkyl halides is 8. The normalized spacial score (nSPS) is 16.0. The molecule has 0 radical (unpaired) electrons. The van der Waals surface area contributed by atoms with E-state index in [9.17, 15) is 44.7 Å². The molecule has 0 unspecified atom stereocenters. The Balaban J connectivity index is 2.01. The third kappa shape index (κ3) is 8.35. The number of nitrogens with zero attached hydrogens (tertiary/aromatic N) is 1. The van der Waals surface area contributed by atoms with Gasteiger partial charge in [0.25, 0.3) is 0 Å². The van der Waals surface area contributed by atoms with E-state index in [1.807, 2.05) is 0 Å². The molecule has 1 fully saturated rings. The summed E-state index contributed by atoms with van der Waals surface area (Å²) in [6, 6.07) is 6.07. The summed E-state index contributed by atoms with van der Waals surface area (Å²) in [5.41, 5.74) is 0.0674. The van der Waals surface area contributed by atoms with Crippen molar-refractivity contribution < 1.29 is 63.7 Å². The SMILES string of the molecule is CC(=O)N1CC(=Cc2ccc(OC(F)F)c(OC(F)F)c2)C(=O)C(=Cc2ccc(OC(F)F)c(OC(F)F)c2)C1. The first-order chi connectivity index (χ1) is 18.8. The molecule has 2 aromatic rings. The van der Waals surface area contributed by atoms with Crippen molar-refractivity contribution in [3.63, 3.8) is 0 Å². The predicted octanol–water partition coefficient (Wildman–Crippen LogP) is 5.99. The van der Waals surface area contributed by atoms with Crippen LogP contribution in [0.15, 0.2) is 47.5 Å². The molecular weight excluding hydrogens is 562 g/mol. The summed E-state index contributed by atoms with van der Waals surface area (Å²) in [7, 11) is 0. The molecule has 2 aromatic carbocycles. The quantitative estimate of drug-likeness (QED) is 0.254. The number of benzene rings is 2. The summed E-state index contributed by atoms with van der Waals surface area (Å²) < 4.78 is 118. The highest BCUT2D eigenvalue weighted by Gasteiger charge is 2.28. The second-order valence-electron chi connectivity index (χ2n) is 7.97. The number of hydrogen-bond acceptors (Lipinski definition) is 6. The molecule has 3 rings (SSSR count). The average Bonchev–Trinajstić information content (AvgIpc) is 2.83. The first-order valence-electron chi connectivity index (χ1n) is 11.1. The minimum Gasteiger partial charge on any atom is -0.431 e. The van der Waals surface area contributed by atoms with Crippen LogP contribution in [0.25, 0.3) is 12.2 Å². The molecule has 0 atom stereocenters. The van der Waals surface area contributed by atoms with E-state index < -0.39 is 61.1 Å².